The molecule has 182 valence electrons. The monoisotopic (exact) mass is 483 g/mol. The van der Waals surface area contributed by atoms with Crippen LogP contribution in [0, 0.1) is 10.1 Å². The number of methoxy groups -OCH3 is 2. The first-order valence-electron chi connectivity index (χ1n) is 10.4. The SMILES string of the molecule is COC(=O)c1ccc(OC)cc1Oc1ncnc(N2CCN(C(=O)c3ccco3)CC2)c1[N+](=O)[O-]. The number of hydrogen-bond donors (Lipinski definition) is 0. The Labute approximate surface area is 199 Å². The third-order valence-corrected chi connectivity index (χ3v) is 5.35. The van der Waals surface area contributed by atoms with Crippen LogP contribution >= 0.6 is 0 Å². The highest BCUT2D eigenvalue weighted by Crippen LogP contribution is 2.38. The number of ether oxygens (including phenoxy) is 3. The van der Waals surface area contributed by atoms with E-state index in [2.05, 4.69) is 9.97 Å². The summed E-state index contributed by atoms with van der Waals surface area (Å²) >= 11 is 0. The third kappa shape index (κ3) is 4.83. The van der Waals surface area contributed by atoms with E-state index in [0.717, 1.165) is 6.33 Å². The molecule has 2 aromatic heterocycles. The van der Waals surface area contributed by atoms with Gasteiger partial charge in [-0.1, -0.05) is 0 Å². The Hall–Kier alpha value is -4.68. The lowest BCUT2D eigenvalue weighted by Gasteiger charge is -2.34. The Balaban J connectivity index is 1.61. The minimum absolute atomic E-state index is 0.0298. The van der Waals surface area contributed by atoms with E-state index in [-0.39, 0.29) is 47.8 Å². The number of furan rings is 1. The molecule has 1 saturated heterocycles. The van der Waals surface area contributed by atoms with Gasteiger partial charge in [0.05, 0.1) is 25.4 Å². The van der Waals surface area contributed by atoms with Crippen LogP contribution in [0.15, 0.2) is 47.3 Å². The fourth-order valence-electron chi connectivity index (χ4n) is 3.59. The van der Waals surface area contributed by atoms with Crippen molar-refractivity contribution >= 4 is 23.4 Å². The summed E-state index contributed by atoms with van der Waals surface area (Å²) < 4.78 is 20.8. The summed E-state index contributed by atoms with van der Waals surface area (Å²) in [5, 5.41) is 12.0. The van der Waals surface area contributed by atoms with E-state index in [1.807, 2.05) is 0 Å². The van der Waals surface area contributed by atoms with E-state index in [0.29, 0.717) is 18.8 Å². The number of nitro groups is 1. The highest BCUT2D eigenvalue weighted by Gasteiger charge is 2.32. The van der Waals surface area contributed by atoms with Crippen LogP contribution in [0.5, 0.6) is 17.4 Å². The molecular weight excluding hydrogens is 462 g/mol. The van der Waals surface area contributed by atoms with Gasteiger partial charge < -0.3 is 28.4 Å². The molecule has 0 atom stereocenters. The molecule has 1 aromatic carbocycles. The van der Waals surface area contributed by atoms with Crippen molar-refractivity contribution < 1.29 is 33.1 Å². The predicted molar refractivity (Wildman–Crippen MR) is 120 cm³/mol. The highest BCUT2D eigenvalue weighted by atomic mass is 16.6. The summed E-state index contributed by atoms with van der Waals surface area (Å²) in [6, 6.07) is 7.56. The van der Waals surface area contributed by atoms with Gasteiger partial charge in [-0.25, -0.2) is 9.78 Å². The second-order valence-corrected chi connectivity index (χ2v) is 7.32. The fraction of sp³-hybridized carbons (Fsp3) is 0.273. The van der Waals surface area contributed by atoms with E-state index in [9.17, 15) is 19.7 Å². The van der Waals surface area contributed by atoms with E-state index in [4.69, 9.17) is 18.6 Å². The number of piperazine rings is 1. The zero-order valence-electron chi connectivity index (χ0n) is 18.9. The maximum Gasteiger partial charge on any atom is 0.373 e. The minimum Gasteiger partial charge on any atom is -0.497 e. The molecule has 0 spiro atoms. The van der Waals surface area contributed by atoms with Crippen LogP contribution in [0.1, 0.15) is 20.9 Å². The Kier molecular flexibility index (Phi) is 6.76. The predicted octanol–water partition coefficient (Wildman–Crippen LogP) is 2.53. The second kappa shape index (κ2) is 10.1. The van der Waals surface area contributed by atoms with Gasteiger partial charge in [-0.3, -0.25) is 14.9 Å². The molecule has 1 aliphatic rings. The molecule has 0 aliphatic carbocycles. The van der Waals surface area contributed by atoms with Crippen molar-refractivity contribution in [3.63, 3.8) is 0 Å². The largest absolute Gasteiger partial charge is 0.497 e. The first-order chi connectivity index (χ1) is 16.9. The summed E-state index contributed by atoms with van der Waals surface area (Å²) in [7, 11) is 2.64. The van der Waals surface area contributed by atoms with Crippen LogP contribution in [0.2, 0.25) is 0 Å². The number of carbonyl (C=O) groups is 2. The van der Waals surface area contributed by atoms with E-state index in [1.165, 1.54) is 38.7 Å². The third-order valence-electron chi connectivity index (χ3n) is 5.35. The average Bonchev–Trinajstić information content (AvgIpc) is 3.42. The van der Waals surface area contributed by atoms with Gasteiger partial charge in [0.1, 0.15) is 23.4 Å². The number of amides is 1. The van der Waals surface area contributed by atoms with Crippen LogP contribution in [0.4, 0.5) is 11.5 Å². The maximum absolute atomic E-state index is 12.5. The van der Waals surface area contributed by atoms with Gasteiger partial charge in [-0.2, -0.15) is 4.98 Å². The van der Waals surface area contributed by atoms with E-state index >= 15 is 0 Å². The van der Waals surface area contributed by atoms with Gasteiger partial charge in [-0.05, 0) is 24.3 Å². The lowest BCUT2D eigenvalue weighted by molar-refractivity contribution is -0.385. The summed E-state index contributed by atoms with van der Waals surface area (Å²) in [6.45, 7) is 1.19. The molecule has 3 aromatic rings. The summed E-state index contributed by atoms with van der Waals surface area (Å²) in [5.41, 5.74) is -0.440. The zero-order chi connectivity index (χ0) is 24.9. The van der Waals surface area contributed by atoms with Crippen molar-refractivity contribution in [1.29, 1.82) is 0 Å². The van der Waals surface area contributed by atoms with Crippen molar-refractivity contribution in [3.8, 4) is 17.4 Å². The number of rotatable bonds is 7. The molecule has 0 N–H and O–H groups in total. The van der Waals surface area contributed by atoms with Gasteiger partial charge in [0.25, 0.3) is 5.91 Å². The minimum atomic E-state index is -0.697. The lowest BCUT2D eigenvalue weighted by Crippen LogP contribution is -2.49. The van der Waals surface area contributed by atoms with Gasteiger partial charge >= 0.3 is 17.5 Å². The molecule has 0 radical (unpaired) electrons. The Morgan fingerprint density at radius 3 is 2.51 bits per heavy atom. The van der Waals surface area contributed by atoms with Crippen molar-refractivity contribution in [2.45, 2.75) is 0 Å². The molecule has 0 bridgehead atoms. The van der Waals surface area contributed by atoms with Crippen molar-refractivity contribution in [2.24, 2.45) is 0 Å². The molecule has 4 rings (SSSR count). The second-order valence-electron chi connectivity index (χ2n) is 7.32. The Bertz CT molecular complexity index is 1240. The first kappa shape index (κ1) is 23.5. The normalized spacial score (nSPS) is 13.3. The molecule has 3 heterocycles. The van der Waals surface area contributed by atoms with Gasteiger partial charge in [-0.15, -0.1) is 0 Å². The average molecular weight is 483 g/mol. The number of aromatic nitrogens is 2. The molecule has 1 amide bonds. The number of esters is 1. The van der Waals surface area contributed by atoms with Crippen molar-refractivity contribution in [3.05, 3.63) is 64.4 Å². The van der Waals surface area contributed by atoms with E-state index < -0.39 is 16.6 Å². The molecular formula is C22H21N5O8. The van der Waals surface area contributed by atoms with Crippen molar-refractivity contribution in [1.82, 2.24) is 14.9 Å². The number of carbonyl (C=O) groups excluding carboxylic acids is 2. The number of nitrogens with zero attached hydrogens (tertiary/aromatic N) is 5. The quantitative estimate of drug-likeness (QED) is 0.277. The number of hydrogen-bond acceptors (Lipinski definition) is 11. The summed E-state index contributed by atoms with van der Waals surface area (Å²) in [6.07, 6.45) is 2.55. The topological polar surface area (TPSA) is 150 Å². The smallest absolute Gasteiger partial charge is 0.373 e. The molecule has 35 heavy (non-hydrogen) atoms. The molecule has 0 unspecified atom stereocenters. The molecule has 1 aliphatic heterocycles. The zero-order valence-corrected chi connectivity index (χ0v) is 18.9. The maximum atomic E-state index is 12.5. The number of benzene rings is 1. The van der Waals surface area contributed by atoms with Crippen LogP contribution < -0.4 is 14.4 Å². The van der Waals surface area contributed by atoms with Gasteiger partial charge in [0.2, 0.25) is 5.82 Å². The molecule has 0 saturated carbocycles. The Morgan fingerprint density at radius 1 is 1.11 bits per heavy atom. The van der Waals surface area contributed by atoms with Gasteiger partial charge in [0, 0.05) is 32.2 Å². The lowest BCUT2D eigenvalue weighted by atomic mass is 10.2. The van der Waals surface area contributed by atoms with Crippen molar-refractivity contribution in [2.75, 3.05) is 45.3 Å². The summed E-state index contributed by atoms with van der Waals surface area (Å²) in [4.78, 5) is 47.4. The van der Waals surface area contributed by atoms with Crippen LogP contribution in [0.3, 0.4) is 0 Å². The fourth-order valence-corrected chi connectivity index (χ4v) is 3.59. The number of anilines is 1. The molecule has 13 heteroatoms. The summed E-state index contributed by atoms with van der Waals surface area (Å²) in [5.74, 6) is -0.720. The van der Waals surface area contributed by atoms with Crippen LogP contribution in [-0.4, -0.2) is 72.1 Å². The highest BCUT2D eigenvalue weighted by molar-refractivity contribution is 5.93. The van der Waals surface area contributed by atoms with Gasteiger partial charge in [0.15, 0.2) is 5.76 Å². The Morgan fingerprint density at radius 2 is 1.89 bits per heavy atom. The molecule has 1 fully saturated rings. The molecule has 13 nitrogen and oxygen atoms in total. The standard InChI is InChI=1S/C22H21N5O8/c1-32-14-5-6-15(22(29)33-2)17(12-14)35-20-18(27(30)31)19(23-13-24-20)25-7-9-26(10-8-25)21(28)16-4-3-11-34-16/h3-6,11-13H,7-10H2,1-2H3. The van der Waals surface area contributed by atoms with Crippen LogP contribution in [-0.2, 0) is 4.74 Å². The first-order valence-corrected chi connectivity index (χ1v) is 10.4. The van der Waals surface area contributed by atoms with Crippen LogP contribution in [0.25, 0.3) is 0 Å². The van der Waals surface area contributed by atoms with E-state index in [1.54, 1.807) is 21.9 Å².